The minimum atomic E-state index is -0.591. The number of aryl methyl sites for hydroxylation is 1. The van der Waals surface area contributed by atoms with E-state index >= 15 is 0 Å². The van der Waals surface area contributed by atoms with Crippen molar-refractivity contribution >= 4 is 11.4 Å². The predicted molar refractivity (Wildman–Crippen MR) is 134 cm³/mol. The van der Waals surface area contributed by atoms with E-state index in [4.69, 9.17) is 0 Å². The molecule has 2 aromatic rings. The lowest BCUT2D eigenvalue weighted by Gasteiger charge is -2.36. The van der Waals surface area contributed by atoms with Crippen LogP contribution in [-0.4, -0.2) is 15.0 Å². The maximum atomic E-state index is 11.4. The minimum absolute atomic E-state index is 0.204. The molecular formula is C27H34N2O5. The second-order valence-corrected chi connectivity index (χ2v) is 9.99. The normalized spacial score (nSPS) is 18.1. The molecule has 1 N–H and O–H groups in total. The highest BCUT2D eigenvalue weighted by atomic mass is 16.6. The topological polar surface area (TPSA) is 107 Å². The molecule has 0 radical (unpaired) electrons. The van der Waals surface area contributed by atoms with Crippen LogP contribution in [0.25, 0.3) is 0 Å². The van der Waals surface area contributed by atoms with Crippen molar-refractivity contribution in [3.05, 3.63) is 84.0 Å². The highest BCUT2D eigenvalue weighted by molar-refractivity contribution is 5.56. The average molecular weight is 467 g/mol. The molecule has 0 amide bonds. The Morgan fingerprint density at radius 2 is 1.71 bits per heavy atom. The van der Waals surface area contributed by atoms with Crippen molar-refractivity contribution in [2.45, 2.75) is 78.6 Å². The fourth-order valence-corrected chi connectivity index (χ4v) is 5.36. The lowest BCUT2D eigenvalue weighted by atomic mass is 9.68. The molecule has 0 saturated heterocycles. The highest BCUT2D eigenvalue weighted by Gasteiger charge is 2.33. The fourth-order valence-electron chi connectivity index (χ4n) is 5.36. The zero-order valence-electron chi connectivity index (χ0n) is 20.6. The van der Waals surface area contributed by atoms with Crippen molar-refractivity contribution in [1.82, 2.24) is 0 Å². The van der Waals surface area contributed by atoms with E-state index in [2.05, 4.69) is 33.8 Å². The van der Waals surface area contributed by atoms with Gasteiger partial charge in [-0.15, -0.1) is 0 Å². The van der Waals surface area contributed by atoms with Crippen LogP contribution in [0.15, 0.2) is 35.9 Å². The van der Waals surface area contributed by atoms with Gasteiger partial charge in [-0.25, -0.2) is 0 Å². The zero-order valence-corrected chi connectivity index (χ0v) is 20.6. The fraction of sp³-hybridized carbons (Fsp3) is 0.481. The summed E-state index contributed by atoms with van der Waals surface area (Å²) in [6.07, 6.45) is 6.62. The summed E-state index contributed by atoms with van der Waals surface area (Å²) in [4.78, 5) is 21.6. The van der Waals surface area contributed by atoms with Crippen LogP contribution in [0.1, 0.15) is 93.0 Å². The molecule has 3 atom stereocenters. The number of hydrogen-bond acceptors (Lipinski definition) is 5. The van der Waals surface area contributed by atoms with Gasteiger partial charge in [-0.05, 0) is 98.9 Å². The Morgan fingerprint density at radius 1 is 1.09 bits per heavy atom. The summed E-state index contributed by atoms with van der Waals surface area (Å²) in [6.45, 7) is 10.5. The molecule has 0 spiro atoms. The van der Waals surface area contributed by atoms with Crippen LogP contribution < -0.4 is 0 Å². The summed E-state index contributed by atoms with van der Waals surface area (Å²) in [5, 5.41) is 33.7. The van der Waals surface area contributed by atoms with Gasteiger partial charge in [0.1, 0.15) is 5.75 Å². The standard InChI is InChI=1S/C27H34N2O5/c1-16(2)7-6-8-17(3)23-10-9-18(4)26-25(30)11-19(5)24(27(23)26)14-20-12-21(28(31)32)15-22(13-20)29(33)34/h7,11-13,15,17-18,23,30H,6,8-10,14H2,1-5H3/t17-,18+,23?/m0/s1. The van der Waals surface area contributed by atoms with Crippen molar-refractivity contribution < 1.29 is 15.0 Å². The first-order valence-electron chi connectivity index (χ1n) is 11.9. The number of nitro benzene ring substituents is 2. The van der Waals surface area contributed by atoms with E-state index in [9.17, 15) is 25.3 Å². The molecule has 0 bridgehead atoms. The monoisotopic (exact) mass is 466 g/mol. The molecule has 1 aliphatic carbocycles. The van der Waals surface area contributed by atoms with Crippen LogP contribution in [-0.2, 0) is 6.42 Å². The summed E-state index contributed by atoms with van der Waals surface area (Å²) in [6, 6.07) is 5.61. The lowest BCUT2D eigenvalue weighted by molar-refractivity contribution is -0.394. The van der Waals surface area contributed by atoms with Gasteiger partial charge >= 0.3 is 0 Å². The van der Waals surface area contributed by atoms with E-state index in [1.54, 1.807) is 6.07 Å². The number of aromatic hydroxyl groups is 1. The third kappa shape index (κ3) is 5.46. The van der Waals surface area contributed by atoms with Gasteiger partial charge in [0.15, 0.2) is 0 Å². The number of nitro groups is 2. The molecule has 7 heteroatoms. The van der Waals surface area contributed by atoms with Crippen LogP contribution in [0.2, 0.25) is 0 Å². The summed E-state index contributed by atoms with van der Waals surface area (Å²) in [5.74, 6) is 1.15. The average Bonchev–Trinajstić information content (AvgIpc) is 2.75. The van der Waals surface area contributed by atoms with Crippen LogP contribution in [0.5, 0.6) is 5.75 Å². The molecule has 1 aliphatic rings. The molecule has 7 nitrogen and oxygen atoms in total. The van der Waals surface area contributed by atoms with Gasteiger partial charge in [0.2, 0.25) is 0 Å². The van der Waals surface area contributed by atoms with Crippen molar-refractivity contribution in [3.8, 4) is 5.75 Å². The Kier molecular flexibility index (Phi) is 7.75. The number of hydrogen-bond donors (Lipinski definition) is 1. The summed E-state index contributed by atoms with van der Waals surface area (Å²) in [7, 11) is 0. The van der Waals surface area contributed by atoms with Gasteiger partial charge in [-0.1, -0.05) is 25.5 Å². The first-order chi connectivity index (χ1) is 16.0. The van der Waals surface area contributed by atoms with Gasteiger partial charge in [0.05, 0.1) is 15.9 Å². The first-order valence-corrected chi connectivity index (χ1v) is 11.9. The number of nitrogens with zero attached hydrogens (tertiary/aromatic N) is 2. The first kappa shape index (κ1) is 25.4. The van der Waals surface area contributed by atoms with Gasteiger partial charge in [0, 0.05) is 17.7 Å². The van der Waals surface area contributed by atoms with Crippen LogP contribution >= 0.6 is 0 Å². The Bertz CT molecular complexity index is 1100. The Balaban J connectivity index is 2.11. The maximum absolute atomic E-state index is 11.4. The smallest absolute Gasteiger partial charge is 0.276 e. The molecule has 182 valence electrons. The molecule has 3 rings (SSSR count). The number of allylic oxidation sites excluding steroid dienone is 2. The number of rotatable bonds is 8. The van der Waals surface area contributed by atoms with Crippen LogP contribution in [0, 0.1) is 33.1 Å². The van der Waals surface area contributed by atoms with E-state index in [1.165, 1.54) is 17.7 Å². The number of fused-ring (bicyclic) bond motifs is 1. The van der Waals surface area contributed by atoms with E-state index in [1.807, 2.05) is 6.92 Å². The van der Waals surface area contributed by atoms with Crippen molar-refractivity contribution in [1.29, 1.82) is 0 Å². The molecule has 0 saturated carbocycles. The molecule has 1 unspecified atom stereocenters. The molecule has 0 aromatic heterocycles. The molecule has 34 heavy (non-hydrogen) atoms. The Morgan fingerprint density at radius 3 is 2.26 bits per heavy atom. The summed E-state index contributed by atoms with van der Waals surface area (Å²) in [5.41, 5.74) is 5.29. The SMILES string of the molecule is CC(C)=CCC[C@H](C)C1CC[C@@H](C)c2c(O)cc(C)c(Cc3cc([N+](=O)[O-])cc([N+](=O)[O-])c3)c21. The van der Waals surface area contributed by atoms with Gasteiger partial charge < -0.3 is 5.11 Å². The molecule has 2 aromatic carbocycles. The third-order valence-electron chi connectivity index (χ3n) is 7.12. The quantitative estimate of drug-likeness (QED) is 0.247. The predicted octanol–water partition coefficient (Wildman–Crippen LogP) is 7.47. The van der Waals surface area contributed by atoms with Crippen LogP contribution in [0.4, 0.5) is 11.4 Å². The number of phenolic OH excluding ortho intramolecular Hbond substituents is 1. The second-order valence-electron chi connectivity index (χ2n) is 9.99. The van der Waals surface area contributed by atoms with Crippen molar-refractivity contribution in [3.63, 3.8) is 0 Å². The van der Waals surface area contributed by atoms with E-state index in [-0.39, 0.29) is 23.2 Å². The number of non-ortho nitro benzene ring substituents is 2. The van der Waals surface area contributed by atoms with Gasteiger partial charge in [-0.3, -0.25) is 20.2 Å². The molecule has 0 aliphatic heterocycles. The van der Waals surface area contributed by atoms with Gasteiger partial charge in [-0.2, -0.15) is 0 Å². The summed E-state index contributed by atoms with van der Waals surface area (Å²) >= 11 is 0. The van der Waals surface area contributed by atoms with Crippen molar-refractivity contribution in [2.24, 2.45) is 5.92 Å². The van der Waals surface area contributed by atoms with E-state index in [0.717, 1.165) is 54.0 Å². The maximum Gasteiger partial charge on any atom is 0.276 e. The lowest BCUT2D eigenvalue weighted by Crippen LogP contribution is -2.21. The largest absolute Gasteiger partial charge is 0.508 e. The van der Waals surface area contributed by atoms with Gasteiger partial charge in [0.25, 0.3) is 11.4 Å². The molecule has 0 heterocycles. The van der Waals surface area contributed by atoms with Crippen LogP contribution in [0.3, 0.4) is 0 Å². The number of benzene rings is 2. The third-order valence-corrected chi connectivity index (χ3v) is 7.12. The second kappa shape index (κ2) is 10.4. The number of phenols is 1. The zero-order chi connectivity index (χ0) is 25.2. The van der Waals surface area contributed by atoms with E-state index < -0.39 is 9.85 Å². The highest BCUT2D eigenvalue weighted by Crippen LogP contribution is 2.49. The van der Waals surface area contributed by atoms with Crippen molar-refractivity contribution in [2.75, 3.05) is 0 Å². The van der Waals surface area contributed by atoms with E-state index in [0.29, 0.717) is 23.7 Å². The molecular weight excluding hydrogens is 432 g/mol. The molecule has 0 fully saturated rings. The summed E-state index contributed by atoms with van der Waals surface area (Å²) < 4.78 is 0. The Labute approximate surface area is 200 Å². The minimum Gasteiger partial charge on any atom is -0.508 e. The Hall–Kier alpha value is -3.22.